The predicted molar refractivity (Wildman–Crippen MR) is 64.5 cm³/mol. The van der Waals surface area contributed by atoms with E-state index in [0.29, 0.717) is 12.5 Å². The zero-order valence-corrected chi connectivity index (χ0v) is 10.5. The summed E-state index contributed by atoms with van der Waals surface area (Å²) in [5.41, 5.74) is 0. The first kappa shape index (κ1) is 13.9. The van der Waals surface area contributed by atoms with Gasteiger partial charge < -0.3 is 14.6 Å². The summed E-state index contributed by atoms with van der Waals surface area (Å²) in [4.78, 5) is 0. The van der Waals surface area contributed by atoms with Crippen molar-refractivity contribution >= 4 is 0 Å². The number of ether oxygens (including phenoxy) is 2. The molecule has 1 rings (SSSR count). The second kappa shape index (κ2) is 8.97. The van der Waals surface area contributed by atoms with Crippen LogP contribution in [0.4, 0.5) is 0 Å². The molecule has 3 heteroatoms. The number of aliphatic hydroxyl groups is 1. The molecule has 0 aromatic rings. The third-order valence-electron chi connectivity index (χ3n) is 3.18. The van der Waals surface area contributed by atoms with Crippen molar-refractivity contribution in [2.24, 2.45) is 11.8 Å². The van der Waals surface area contributed by atoms with Gasteiger partial charge in [-0.25, -0.2) is 0 Å². The lowest BCUT2D eigenvalue weighted by Gasteiger charge is -2.28. The van der Waals surface area contributed by atoms with E-state index in [0.717, 1.165) is 32.2 Å². The van der Waals surface area contributed by atoms with Crippen LogP contribution in [0.1, 0.15) is 39.0 Å². The molecule has 2 atom stereocenters. The number of rotatable bonds is 8. The molecule has 0 aromatic carbocycles. The molecule has 96 valence electrons. The van der Waals surface area contributed by atoms with Crippen molar-refractivity contribution in [2.45, 2.75) is 39.0 Å². The fourth-order valence-corrected chi connectivity index (χ4v) is 2.41. The average molecular weight is 230 g/mol. The predicted octanol–water partition coefficient (Wildman–Crippen LogP) is 2.23. The molecule has 0 spiro atoms. The molecule has 3 nitrogen and oxygen atoms in total. The summed E-state index contributed by atoms with van der Waals surface area (Å²) in [5.74, 6) is 1.40. The van der Waals surface area contributed by atoms with Crippen molar-refractivity contribution in [1.82, 2.24) is 0 Å². The summed E-state index contributed by atoms with van der Waals surface area (Å²) in [7, 11) is 0. The Morgan fingerprint density at radius 1 is 1.06 bits per heavy atom. The monoisotopic (exact) mass is 230 g/mol. The molecule has 1 fully saturated rings. The Morgan fingerprint density at radius 2 is 1.69 bits per heavy atom. The third kappa shape index (κ3) is 5.83. The molecular weight excluding hydrogens is 204 g/mol. The molecule has 0 aromatic heterocycles. The van der Waals surface area contributed by atoms with Gasteiger partial charge in [0, 0.05) is 19.8 Å². The van der Waals surface area contributed by atoms with Crippen LogP contribution in [-0.4, -0.2) is 38.1 Å². The molecular formula is C13H26O3. The first-order valence-corrected chi connectivity index (χ1v) is 6.63. The van der Waals surface area contributed by atoms with Gasteiger partial charge in [0.05, 0.1) is 13.2 Å². The van der Waals surface area contributed by atoms with E-state index < -0.39 is 0 Å². The lowest BCUT2D eigenvalue weighted by atomic mass is 9.82. The zero-order chi connectivity index (χ0) is 11.6. The second-order valence-corrected chi connectivity index (χ2v) is 4.77. The lowest BCUT2D eigenvalue weighted by Crippen LogP contribution is -2.23. The Bertz CT molecular complexity index is 145. The van der Waals surface area contributed by atoms with E-state index in [2.05, 4.69) is 6.92 Å². The van der Waals surface area contributed by atoms with E-state index in [1.807, 2.05) is 0 Å². The van der Waals surface area contributed by atoms with E-state index in [1.54, 1.807) is 0 Å². The van der Waals surface area contributed by atoms with Gasteiger partial charge in [0.15, 0.2) is 0 Å². The Labute approximate surface area is 99.1 Å². The van der Waals surface area contributed by atoms with Gasteiger partial charge in [0.25, 0.3) is 0 Å². The highest BCUT2D eigenvalue weighted by Gasteiger charge is 2.22. The van der Waals surface area contributed by atoms with Crippen molar-refractivity contribution in [3.63, 3.8) is 0 Å². The molecule has 1 N–H and O–H groups in total. The summed E-state index contributed by atoms with van der Waals surface area (Å²) >= 11 is 0. The highest BCUT2D eigenvalue weighted by atomic mass is 16.5. The fourth-order valence-electron chi connectivity index (χ4n) is 2.41. The van der Waals surface area contributed by atoms with Crippen LogP contribution in [0.2, 0.25) is 0 Å². The van der Waals surface area contributed by atoms with E-state index in [-0.39, 0.29) is 6.61 Å². The molecule has 0 amide bonds. The molecule has 2 unspecified atom stereocenters. The number of hydrogen-bond donors (Lipinski definition) is 1. The van der Waals surface area contributed by atoms with Crippen LogP contribution in [-0.2, 0) is 9.47 Å². The average Bonchev–Trinajstić information content (AvgIpc) is 2.30. The minimum Gasteiger partial charge on any atom is -0.394 e. The van der Waals surface area contributed by atoms with Gasteiger partial charge in [-0.2, -0.15) is 0 Å². The Kier molecular flexibility index (Phi) is 7.81. The summed E-state index contributed by atoms with van der Waals surface area (Å²) in [6, 6.07) is 0. The quantitative estimate of drug-likeness (QED) is 0.650. The fraction of sp³-hybridized carbons (Fsp3) is 1.00. The topological polar surface area (TPSA) is 38.7 Å². The van der Waals surface area contributed by atoms with E-state index in [9.17, 15) is 0 Å². The maximum Gasteiger partial charge on any atom is 0.0697 e. The normalized spacial score (nSPS) is 25.9. The molecule has 1 aliphatic carbocycles. The van der Waals surface area contributed by atoms with Crippen molar-refractivity contribution in [2.75, 3.05) is 33.0 Å². The lowest BCUT2D eigenvalue weighted by molar-refractivity contribution is 0.0310. The SMILES string of the molecule is CCCOCC1CCCC(COCCO)C1. The molecule has 0 saturated heterocycles. The van der Waals surface area contributed by atoms with Crippen molar-refractivity contribution in [3.8, 4) is 0 Å². The maximum absolute atomic E-state index is 8.65. The number of hydrogen-bond acceptors (Lipinski definition) is 3. The minimum atomic E-state index is 0.135. The van der Waals surface area contributed by atoms with Crippen molar-refractivity contribution < 1.29 is 14.6 Å². The van der Waals surface area contributed by atoms with E-state index in [1.165, 1.54) is 25.7 Å². The highest BCUT2D eigenvalue weighted by Crippen LogP contribution is 2.29. The van der Waals surface area contributed by atoms with Gasteiger partial charge in [-0.3, -0.25) is 0 Å². The summed E-state index contributed by atoms with van der Waals surface area (Å²) in [5, 5.41) is 8.65. The van der Waals surface area contributed by atoms with E-state index in [4.69, 9.17) is 14.6 Å². The molecule has 0 aliphatic heterocycles. The van der Waals surface area contributed by atoms with Gasteiger partial charge in [-0.1, -0.05) is 13.3 Å². The number of aliphatic hydroxyl groups excluding tert-OH is 1. The zero-order valence-electron chi connectivity index (χ0n) is 10.5. The molecule has 0 heterocycles. The highest BCUT2D eigenvalue weighted by molar-refractivity contribution is 4.72. The molecule has 1 aliphatic rings. The van der Waals surface area contributed by atoms with Gasteiger partial charge in [-0.05, 0) is 37.5 Å². The van der Waals surface area contributed by atoms with Crippen LogP contribution in [0.3, 0.4) is 0 Å². The molecule has 0 radical (unpaired) electrons. The second-order valence-electron chi connectivity index (χ2n) is 4.77. The smallest absolute Gasteiger partial charge is 0.0697 e. The Balaban J connectivity index is 2.09. The van der Waals surface area contributed by atoms with Crippen LogP contribution in [0, 0.1) is 11.8 Å². The maximum atomic E-state index is 8.65. The van der Waals surface area contributed by atoms with Crippen molar-refractivity contribution in [1.29, 1.82) is 0 Å². The van der Waals surface area contributed by atoms with Crippen molar-refractivity contribution in [3.05, 3.63) is 0 Å². The molecule has 0 bridgehead atoms. The van der Waals surface area contributed by atoms with Gasteiger partial charge in [-0.15, -0.1) is 0 Å². The molecule has 16 heavy (non-hydrogen) atoms. The first-order valence-electron chi connectivity index (χ1n) is 6.63. The van der Waals surface area contributed by atoms with Crippen LogP contribution in [0.15, 0.2) is 0 Å². The minimum absolute atomic E-state index is 0.135. The van der Waals surface area contributed by atoms with Gasteiger partial charge in [0.1, 0.15) is 0 Å². The summed E-state index contributed by atoms with van der Waals surface area (Å²) in [6.07, 6.45) is 6.22. The van der Waals surface area contributed by atoms with Crippen LogP contribution in [0.25, 0.3) is 0 Å². The van der Waals surface area contributed by atoms with E-state index >= 15 is 0 Å². The first-order chi connectivity index (χ1) is 7.86. The van der Waals surface area contributed by atoms with Gasteiger partial charge in [0.2, 0.25) is 0 Å². The largest absolute Gasteiger partial charge is 0.394 e. The summed E-state index contributed by atoms with van der Waals surface area (Å²) in [6.45, 7) is 5.38. The summed E-state index contributed by atoms with van der Waals surface area (Å²) < 4.78 is 11.0. The molecule has 1 saturated carbocycles. The standard InChI is InChI=1S/C13H26O3/c1-2-7-15-10-12-4-3-5-13(9-12)11-16-8-6-14/h12-14H,2-11H2,1H3. The van der Waals surface area contributed by atoms with Crippen LogP contribution >= 0.6 is 0 Å². The van der Waals surface area contributed by atoms with Crippen LogP contribution < -0.4 is 0 Å². The third-order valence-corrected chi connectivity index (χ3v) is 3.18. The Morgan fingerprint density at radius 3 is 2.25 bits per heavy atom. The van der Waals surface area contributed by atoms with Crippen LogP contribution in [0.5, 0.6) is 0 Å². The van der Waals surface area contributed by atoms with Gasteiger partial charge >= 0.3 is 0 Å². The Hall–Kier alpha value is -0.120.